The number of anilines is 2. The number of pyridine rings is 1. The van der Waals surface area contributed by atoms with Gasteiger partial charge < -0.3 is 9.80 Å². The van der Waals surface area contributed by atoms with Crippen molar-refractivity contribution in [3.63, 3.8) is 0 Å². The molecule has 31 heavy (non-hydrogen) atoms. The summed E-state index contributed by atoms with van der Waals surface area (Å²) in [6.07, 6.45) is 6.03. The lowest BCUT2D eigenvalue weighted by Crippen LogP contribution is -2.47. The molecule has 0 spiro atoms. The van der Waals surface area contributed by atoms with Gasteiger partial charge >= 0.3 is 0 Å². The lowest BCUT2D eigenvalue weighted by atomic mass is 9.95. The first-order valence-corrected chi connectivity index (χ1v) is 10.9. The summed E-state index contributed by atoms with van der Waals surface area (Å²) >= 11 is 0. The Labute approximate surface area is 182 Å². The standard InChI is InChI=1S/C23H26N8/c1-16-11-17(2)31(28-16)22-13-21(25-15-26-22)29-7-9-30(10-8-29)23-19(14-24)12-18-5-3-4-6-20(18)27-23/h11-13,15H,3-10H2,1-2H3. The second-order valence-electron chi connectivity index (χ2n) is 8.33. The van der Waals surface area contributed by atoms with E-state index in [0.29, 0.717) is 5.56 Å². The molecule has 1 aliphatic carbocycles. The molecule has 158 valence electrons. The molecule has 0 amide bonds. The molecule has 0 N–H and O–H groups in total. The number of aromatic nitrogens is 5. The van der Waals surface area contributed by atoms with Crippen LogP contribution in [-0.4, -0.2) is 50.9 Å². The zero-order valence-corrected chi connectivity index (χ0v) is 18.0. The summed E-state index contributed by atoms with van der Waals surface area (Å²) in [5.74, 6) is 2.52. The predicted octanol–water partition coefficient (Wildman–Crippen LogP) is 2.75. The van der Waals surface area contributed by atoms with Crippen LogP contribution in [0.1, 0.15) is 41.1 Å². The van der Waals surface area contributed by atoms with Crippen LogP contribution in [0.3, 0.4) is 0 Å². The lowest BCUT2D eigenvalue weighted by molar-refractivity contribution is 0.629. The Bertz CT molecular complexity index is 1150. The number of hydrogen-bond acceptors (Lipinski definition) is 7. The molecule has 0 saturated carbocycles. The first-order chi connectivity index (χ1) is 15.1. The quantitative estimate of drug-likeness (QED) is 0.651. The Morgan fingerprint density at radius 2 is 1.65 bits per heavy atom. The van der Waals surface area contributed by atoms with Crippen molar-refractivity contribution in [2.24, 2.45) is 0 Å². The highest BCUT2D eigenvalue weighted by Crippen LogP contribution is 2.28. The Kier molecular flexibility index (Phi) is 5.02. The van der Waals surface area contributed by atoms with Crippen LogP contribution in [0, 0.1) is 25.2 Å². The molecule has 0 radical (unpaired) electrons. The Morgan fingerprint density at radius 1 is 0.903 bits per heavy atom. The van der Waals surface area contributed by atoms with Gasteiger partial charge in [-0.3, -0.25) is 0 Å². The van der Waals surface area contributed by atoms with Gasteiger partial charge in [0.15, 0.2) is 5.82 Å². The van der Waals surface area contributed by atoms with Crippen molar-refractivity contribution in [3.8, 4) is 11.9 Å². The molecule has 1 aliphatic heterocycles. The van der Waals surface area contributed by atoms with Crippen LogP contribution >= 0.6 is 0 Å². The van der Waals surface area contributed by atoms with Crippen LogP contribution in [0.2, 0.25) is 0 Å². The third kappa shape index (κ3) is 3.72. The van der Waals surface area contributed by atoms with Crippen molar-refractivity contribution in [2.75, 3.05) is 36.0 Å². The van der Waals surface area contributed by atoms with Crippen molar-refractivity contribution in [1.29, 1.82) is 5.26 Å². The number of nitrogens with zero attached hydrogens (tertiary/aromatic N) is 8. The van der Waals surface area contributed by atoms with Gasteiger partial charge in [0, 0.05) is 43.6 Å². The molecular formula is C23H26N8. The zero-order valence-electron chi connectivity index (χ0n) is 18.0. The third-order valence-electron chi connectivity index (χ3n) is 6.17. The van der Waals surface area contributed by atoms with Crippen LogP contribution in [0.4, 0.5) is 11.6 Å². The van der Waals surface area contributed by atoms with E-state index in [9.17, 15) is 5.26 Å². The van der Waals surface area contributed by atoms with Crippen LogP contribution < -0.4 is 9.80 Å². The first-order valence-electron chi connectivity index (χ1n) is 10.9. The van der Waals surface area contributed by atoms with Gasteiger partial charge in [-0.1, -0.05) is 0 Å². The van der Waals surface area contributed by atoms with Gasteiger partial charge in [-0.05, 0) is 57.2 Å². The van der Waals surface area contributed by atoms with Gasteiger partial charge in [0.25, 0.3) is 0 Å². The van der Waals surface area contributed by atoms with E-state index < -0.39 is 0 Å². The third-order valence-corrected chi connectivity index (χ3v) is 6.17. The molecule has 8 nitrogen and oxygen atoms in total. The lowest BCUT2D eigenvalue weighted by Gasteiger charge is -2.36. The fourth-order valence-corrected chi connectivity index (χ4v) is 4.58. The van der Waals surface area contributed by atoms with Crippen molar-refractivity contribution in [3.05, 3.63) is 52.7 Å². The Balaban J connectivity index is 1.34. The fourth-order valence-electron chi connectivity index (χ4n) is 4.58. The van der Waals surface area contributed by atoms with Crippen molar-refractivity contribution >= 4 is 11.6 Å². The molecule has 3 aromatic heterocycles. The second-order valence-corrected chi connectivity index (χ2v) is 8.33. The Hall–Kier alpha value is -3.47. The maximum absolute atomic E-state index is 9.69. The number of piperazine rings is 1. The maximum atomic E-state index is 9.69. The molecule has 4 heterocycles. The number of nitriles is 1. The van der Waals surface area contributed by atoms with E-state index in [0.717, 1.165) is 67.9 Å². The van der Waals surface area contributed by atoms with Gasteiger partial charge in [0.1, 0.15) is 24.0 Å². The molecule has 1 fully saturated rings. The average Bonchev–Trinajstić information content (AvgIpc) is 3.16. The minimum Gasteiger partial charge on any atom is -0.353 e. The second kappa shape index (κ2) is 7.99. The number of rotatable bonds is 3. The van der Waals surface area contributed by atoms with Gasteiger partial charge in [-0.25, -0.2) is 19.6 Å². The minimum atomic E-state index is 0.697. The summed E-state index contributed by atoms with van der Waals surface area (Å²) in [6, 6.07) is 8.47. The highest BCUT2D eigenvalue weighted by Gasteiger charge is 2.24. The number of hydrogen-bond donors (Lipinski definition) is 0. The van der Waals surface area contributed by atoms with E-state index in [1.807, 2.05) is 30.7 Å². The molecule has 3 aromatic rings. The molecule has 1 saturated heterocycles. The molecule has 0 aromatic carbocycles. The SMILES string of the molecule is Cc1cc(C)n(-c2cc(N3CCN(c4nc5c(cc4C#N)CCCC5)CC3)ncn2)n1. The molecule has 0 unspecified atom stereocenters. The summed E-state index contributed by atoms with van der Waals surface area (Å²) in [5.41, 5.74) is 5.14. The summed E-state index contributed by atoms with van der Waals surface area (Å²) in [7, 11) is 0. The first kappa shape index (κ1) is 19.5. The largest absolute Gasteiger partial charge is 0.353 e. The van der Waals surface area contributed by atoms with Crippen LogP contribution in [0.25, 0.3) is 5.82 Å². The number of aryl methyl sites for hydroxylation is 4. The Morgan fingerprint density at radius 3 is 2.39 bits per heavy atom. The molecule has 2 aliphatic rings. The summed E-state index contributed by atoms with van der Waals surface area (Å²) in [4.78, 5) is 18.3. The summed E-state index contributed by atoms with van der Waals surface area (Å²) in [6.45, 7) is 7.25. The fraction of sp³-hybridized carbons (Fsp3) is 0.435. The van der Waals surface area contributed by atoms with E-state index in [2.05, 4.69) is 37.0 Å². The van der Waals surface area contributed by atoms with Gasteiger partial charge in [0.2, 0.25) is 0 Å². The van der Waals surface area contributed by atoms with Crippen molar-refractivity contribution < 1.29 is 0 Å². The van der Waals surface area contributed by atoms with Gasteiger partial charge in [-0.15, -0.1) is 0 Å². The van der Waals surface area contributed by atoms with Crippen LogP contribution in [-0.2, 0) is 12.8 Å². The predicted molar refractivity (Wildman–Crippen MR) is 119 cm³/mol. The zero-order chi connectivity index (χ0) is 21.4. The maximum Gasteiger partial charge on any atom is 0.159 e. The van der Waals surface area contributed by atoms with Gasteiger partial charge in [-0.2, -0.15) is 10.4 Å². The van der Waals surface area contributed by atoms with E-state index in [1.54, 1.807) is 6.33 Å². The normalized spacial score (nSPS) is 16.2. The molecule has 5 rings (SSSR count). The highest BCUT2D eigenvalue weighted by molar-refractivity contribution is 5.58. The number of fused-ring (bicyclic) bond motifs is 1. The van der Waals surface area contributed by atoms with E-state index >= 15 is 0 Å². The van der Waals surface area contributed by atoms with Crippen molar-refractivity contribution in [2.45, 2.75) is 39.5 Å². The highest BCUT2D eigenvalue weighted by atomic mass is 15.3. The van der Waals surface area contributed by atoms with E-state index in [-0.39, 0.29) is 0 Å². The molecule has 0 atom stereocenters. The molecule has 0 bridgehead atoms. The summed E-state index contributed by atoms with van der Waals surface area (Å²) in [5, 5.41) is 14.2. The smallest absolute Gasteiger partial charge is 0.159 e. The minimum absolute atomic E-state index is 0.697. The van der Waals surface area contributed by atoms with E-state index in [1.165, 1.54) is 24.1 Å². The van der Waals surface area contributed by atoms with Crippen LogP contribution in [0.15, 0.2) is 24.5 Å². The monoisotopic (exact) mass is 414 g/mol. The topological polar surface area (TPSA) is 86.8 Å². The van der Waals surface area contributed by atoms with Crippen LogP contribution in [0.5, 0.6) is 0 Å². The molecule has 8 heteroatoms. The van der Waals surface area contributed by atoms with E-state index in [4.69, 9.17) is 4.98 Å². The van der Waals surface area contributed by atoms with Crippen molar-refractivity contribution in [1.82, 2.24) is 24.7 Å². The van der Waals surface area contributed by atoms with Gasteiger partial charge in [0.05, 0.1) is 11.3 Å². The average molecular weight is 415 g/mol. The molecular weight excluding hydrogens is 388 g/mol. The summed E-state index contributed by atoms with van der Waals surface area (Å²) < 4.78 is 1.85.